The number of nitrogen functional groups attached to an aromatic ring is 1. The highest BCUT2D eigenvalue weighted by Gasteiger charge is 2.17. The van der Waals surface area contributed by atoms with Crippen molar-refractivity contribution in [2.45, 2.75) is 39.2 Å². The summed E-state index contributed by atoms with van der Waals surface area (Å²) >= 11 is 0. The molecule has 2 N–H and O–H groups in total. The number of hydrogen-bond donors (Lipinski definition) is 1. The molecule has 0 aliphatic carbocycles. The van der Waals surface area contributed by atoms with E-state index in [1.807, 2.05) is 13.0 Å². The van der Waals surface area contributed by atoms with Gasteiger partial charge in [-0.2, -0.15) is 0 Å². The van der Waals surface area contributed by atoms with Crippen molar-refractivity contribution in [3.63, 3.8) is 0 Å². The average molecular weight is 279 g/mol. The van der Waals surface area contributed by atoms with Crippen molar-refractivity contribution >= 4 is 11.4 Å². The molecule has 0 atom stereocenters. The number of aryl methyl sites for hydroxylation is 1. The standard InChI is InChI=1S/C15H25N3O2/c1-12-11-13(17-7-5-3-4-6-8-17)14(16)15(19)18(12)9-10-20-2/h11H,3-10,16H2,1-2H3. The molecule has 5 nitrogen and oxygen atoms in total. The van der Waals surface area contributed by atoms with Gasteiger partial charge in [0.1, 0.15) is 5.69 Å². The van der Waals surface area contributed by atoms with Crippen molar-refractivity contribution in [3.05, 3.63) is 22.1 Å². The van der Waals surface area contributed by atoms with Gasteiger partial charge in [0.05, 0.1) is 12.3 Å². The molecule has 1 aromatic heterocycles. The lowest BCUT2D eigenvalue weighted by Gasteiger charge is -2.25. The summed E-state index contributed by atoms with van der Waals surface area (Å²) in [6.45, 7) is 5.00. The molecule has 0 bridgehead atoms. The topological polar surface area (TPSA) is 60.5 Å². The Morgan fingerprint density at radius 1 is 1.25 bits per heavy atom. The fourth-order valence-corrected chi connectivity index (χ4v) is 2.80. The van der Waals surface area contributed by atoms with Crippen LogP contribution >= 0.6 is 0 Å². The van der Waals surface area contributed by atoms with Crippen LogP contribution in [0, 0.1) is 6.92 Å². The van der Waals surface area contributed by atoms with Crippen LogP contribution < -0.4 is 16.2 Å². The third-order valence-corrected chi connectivity index (χ3v) is 3.99. The van der Waals surface area contributed by atoms with E-state index in [2.05, 4.69) is 4.90 Å². The van der Waals surface area contributed by atoms with Gasteiger partial charge in [-0.1, -0.05) is 12.8 Å². The molecule has 2 rings (SSSR count). The van der Waals surface area contributed by atoms with Gasteiger partial charge in [0.25, 0.3) is 5.56 Å². The van der Waals surface area contributed by atoms with Gasteiger partial charge in [-0.05, 0) is 25.8 Å². The van der Waals surface area contributed by atoms with E-state index >= 15 is 0 Å². The van der Waals surface area contributed by atoms with Crippen LogP contribution in [0.4, 0.5) is 11.4 Å². The Morgan fingerprint density at radius 2 is 1.90 bits per heavy atom. The summed E-state index contributed by atoms with van der Waals surface area (Å²) in [5.41, 5.74) is 8.21. The molecule has 20 heavy (non-hydrogen) atoms. The van der Waals surface area contributed by atoms with Crippen LogP contribution in [0.25, 0.3) is 0 Å². The Bertz CT molecular complexity index is 503. The smallest absolute Gasteiger partial charge is 0.276 e. The summed E-state index contributed by atoms with van der Waals surface area (Å²) in [5, 5.41) is 0. The Labute approximate surface area is 120 Å². The third kappa shape index (κ3) is 3.15. The second-order valence-electron chi connectivity index (χ2n) is 5.44. The summed E-state index contributed by atoms with van der Waals surface area (Å²) in [6, 6.07) is 2.04. The molecule has 0 amide bonds. The first-order chi connectivity index (χ1) is 9.65. The van der Waals surface area contributed by atoms with E-state index in [9.17, 15) is 4.79 Å². The minimum Gasteiger partial charge on any atom is -0.393 e. The van der Waals surface area contributed by atoms with Crippen molar-refractivity contribution in [3.8, 4) is 0 Å². The monoisotopic (exact) mass is 279 g/mol. The van der Waals surface area contributed by atoms with Crippen LogP contribution in [0.1, 0.15) is 31.4 Å². The summed E-state index contributed by atoms with van der Waals surface area (Å²) in [7, 11) is 1.63. The van der Waals surface area contributed by atoms with Crippen LogP contribution in [-0.2, 0) is 11.3 Å². The molecular weight excluding hydrogens is 254 g/mol. The van der Waals surface area contributed by atoms with Crippen molar-refractivity contribution in [2.24, 2.45) is 0 Å². The van der Waals surface area contributed by atoms with Crippen LogP contribution in [0.2, 0.25) is 0 Å². The number of nitrogens with zero attached hydrogens (tertiary/aromatic N) is 2. The van der Waals surface area contributed by atoms with Gasteiger partial charge in [0.15, 0.2) is 0 Å². The number of aromatic nitrogens is 1. The second-order valence-corrected chi connectivity index (χ2v) is 5.44. The van der Waals surface area contributed by atoms with Gasteiger partial charge in [0, 0.05) is 32.4 Å². The van der Waals surface area contributed by atoms with E-state index in [-0.39, 0.29) is 5.56 Å². The largest absolute Gasteiger partial charge is 0.393 e. The lowest BCUT2D eigenvalue weighted by atomic mass is 10.2. The Hall–Kier alpha value is -1.49. The zero-order valence-electron chi connectivity index (χ0n) is 12.5. The molecule has 1 aromatic rings. The molecule has 0 spiro atoms. The number of ether oxygens (including phenoxy) is 1. The van der Waals surface area contributed by atoms with Crippen molar-refractivity contribution in [1.82, 2.24) is 4.57 Å². The second kappa shape index (κ2) is 6.79. The maximum atomic E-state index is 12.4. The molecular formula is C15H25N3O2. The number of nitrogens with two attached hydrogens (primary N) is 1. The molecule has 112 valence electrons. The highest BCUT2D eigenvalue weighted by Crippen LogP contribution is 2.24. The van der Waals surface area contributed by atoms with Gasteiger partial charge in [-0.3, -0.25) is 4.79 Å². The molecule has 1 saturated heterocycles. The lowest BCUT2D eigenvalue weighted by molar-refractivity contribution is 0.185. The third-order valence-electron chi connectivity index (χ3n) is 3.99. The Morgan fingerprint density at radius 3 is 2.50 bits per heavy atom. The quantitative estimate of drug-likeness (QED) is 0.912. The van der Waals surface area contributed by atoms with E-state index in [1.165, 1.54) is 25.7 Å². The summed E-state index contributed by atoms with van der Waals surface area (Å²) in [6.07, 6.45) is 4.87. The van der Waals surface area contributed by atoms with E-state index < -0.39 is 0 Å². The van der Waals surface area contributed by atoms with Crippen LogP contribution in [-0.4, -0.2) is 31.4 Å². The lowest BCUT2D eigenvalue weighted by Crippen LogP contribution is -2.32. The summed E-state index contributed by atoms with van der Waals surface area (Å²) in [5.74, 6) is 0. The van der Waals surface area contributed by atoms with Crippen molar-refractivity contribution in [1.29, 1.82) is 0 Å². The molecule has 1 fully saturated rings. The Balaban J connectivity index is 2.32. The fraction of sp³-hybridized carbons (Fsp3) is 0.667. The van der Waals surface area contributed by atoms with Crippen molar-refractivity contribution in [2.75, 3.05) is 37.4 Å². The first kappa shape index (κ1) is 14.9. The number of hydrogen-bond acceptors (Lipinski definition) is 4. The van der Waals surface area contributed by atoms with Gasteiger partial charge < -0.3 is 19.9 Å². The van der Waals surface area contributed by atoms with Gasteiger partial charge in [0.2, 0.25) is 0 Å². The maximum absolute atomic E-state index is 12.4. The minimum absolute atomic E-state index is 0.0960. The first-order valence-electron chi connectivity index (χ1n) is 7.39. The van der Waals surface area contributed by atoms with Crippen molar-refractivity contribution < 1.29 is 4.74 Å². The van der Waals surface area contributed by atoms with Gasteiger partial charge in [-0.15, -0.1) is 0 Å². The van der Waals surface area contributed by atoms with Crippen LogP contribution in [0.5, 0.6) is 0 Å². The molecule has 2 heterocycles. The molecule has 0 unspecified atom stereocenters. The zero-order chi connectivity index (χ0) is 14.5. The highest BCUT2D eigenvalue weighted by atomic mass is 16.5. The van der Waals surface area contributed by atoms with Crippen LogP contribution in [0.15, 0.2) is 10.9 Å². The highest BCUT2D eigenvalue weighted by molar-refractivity contribution is 5.67. The number of rotatable bonds is 4. The number of methoxy groups -OCH3 is 1. The summed E-state index contributed by atoms with van der Waals surface area (Å²) < 4.78 is 6.74. The Kier molecular flexibility index (Phi) is 5.06. The molecule has 0 radical (unpaired) electrons. The first-order valence-corrected chi connectivity index (χ1v) is 7.39. The summed E-state index contributed by atoms with van der Waals surface area (Å²) in [4.78, 5) is 14.7. The predicted molar refractivity (Wildman–Crippen MR) is 82.4 cm³/mol. The van der Waals surface area contributed by atoms with E-state index in [4.69, 9.17) is 10.5 Å². The maximum Gasteiger partial charge on any atom is 0.276 e. The van der Waals surface area contributed by atoms with Crippen LogP contribution in [0.3, 0.4) is 0 Å². The SMILES string of the molecule is COCCn1c(C)cc(N2CCCCCC2)c(N)c1=O. The molecule has 0 aromatic carbocycles. The molecule has 1 aliphatic heterocycles. The number of pyridine rings is 1. The minimum atomic E-state index is -0.0960. The van der Waals surface area contributed by atoms with Gasteiger partial charge in [-0.25, -0.2) is 0 Å². The number of anilines is 2. The predicted octanol–water partition coefficient (Wildman–Crippen LogP) is 1.77. The molecule has 1 aliphatic rings. The van der Waals surface area contributed by atoms with Gasteiger partial charge >= 0.3 is 0 Å². The van der Waals surface area contributed by atoms with E-state index in [0.29, 0.717) is 18.8 Å². The molecule has 5 heteroatoms. The van der Waals surface area contributed by atoms with E-state index in [0.717, 1.165) is 24.5 Å². The normalized spacial score (nSPS) is 16.2. The molecule has 0 saturated carbocycles. The average Bonchev–Trinajstić information content (AvgIpc) is 2.72. The van der Waals surface area contributed by atoms with E-state index in [1.54, 1.807) is 11.7 Å². The zero-order valence-corrected chi connectivity index (χ0v) is 12.5. The fourth-order valence-electron chi connectivity index (χ4n) is 2.80.